The van der Waals surface area contributed by atoms with Crippen LogP contribution in [0.2, 0.25) is 5.02 Å². The SMILES string of the molecule is COc1ccc(C(=O)CN2CC(CO)OCC2C)cc1Cl. The minimum absolute atomic E-state index is 0.00927. The van der Waals surface area contributed by atoms with Gasteiger partial charge in [0.1, 0.15) is 5.75 Å². The summed E-state index contributed by atoms with van der Waals surface area (Å²) in [6.07, 6.45) is -0.228. The molecule has 0 aromatic heterocycles. The fourth-order valence-corrected chi connectivity index (χ4v) is 2.58. The molecule has 1 fully saturated rings. The van der Waals surface area contributed by atoms with Gasteiger partial charge in [-0.1, -0.05) is 11.6 Å². The molecule has 2 atom stereocenters. The maximum atomic E-state index is 12.4. The number of benzene rings is 1. The van der Waals surface area contributed by atoms with Crippen LogP contribution in [0.5, 0.6) is 5.75 Å². The van der Waals surface area contributed by atoms with Crippen molar-refractivity contribution < 1.29 is 19.4 Å². The van der Waals surface area contributed by atoms with E-state index in [0.717, 1.165) is 0 Å². The summed E-state index contributed by atoms with van der Waals surface area (Å²) >= 11 is 6.05. The molecule has 0 bridgehead atoms. The van der Waals surface area contributed by atoms with Gasteiger partial charge >= 0.3 is 0 Å². The van der Waals surface area contributed by atoms with Gasteiger partial charge in [-0.05, 0) is 25.1 Å². The van der Waals surface area contributed by atoms with Gasteiger partial charge in [-0.2, -0.15) is 0 Å². The first kappa shape index (κ1) is 16.2. The molecule has 2 unspecified atom stereocenters. The highest BCUT2D eigenvalue weighted by Crippen LogP contribution is 2.25. The van der Waals surface area contributed by atoms with Gasteiger partial charge < -0.3 is 14.6 Å². The molecule has 0 saturated carbocycles. The van der Waals surface area contributed by atoms with Gasteiger partial charge in [-0.25, -0.2) is 0 Å². The summed E-state index contributed by atoms with van der Waals surface area (Å²) in [4.78, 5) is 14.4. The highest BCUT2D eigenvalue weighted by atomic mass is 35.5. The Hall–Kier alpha value is -1.14. The van der Waals surface area contributed by atoms with Crippen molar-refractivity contribution in [3.8, 4) is 5.75 Å². The number of Topliss-reactive ketones (excluding diaryl/α,β-unsaturated/α-hetero) is 1. The monoisotopic (exact) mass is 313 g/mol. The third-order valence-corrected chi connectivity index (χ3v) is 3.95. The Balaban J connectivity index is 2.04. The zero-order chi connectivity index (χ0) is 15.4. The van der Waals surface area contributed by atoms with E-state index in [1.165, 1.54) is 7.11 Å². The Morgan fingerprint density at radius 3 is 2.95 bits per heavy atom. The Labute approximate surface area is 129 Å². The summed E-state index contributed by atoms with van der Waals surface area (Å²) in [5.41, 5.74) is 0.556. The van der Waals surface area contributed by atoms with E-state index in [4.69, 9.17) is 21.1 Å². The summed E-state index contributed by atoms with van der Waals surface area (Å²) in [7, 11) is 1.53. The molecule has 116 valence electrons. The Morgan fingerprint density at radius 1 is 1.57 bits per heavy atom. The molecule has 1 heterocycles. The number of carbonyl (C=O) groups is 1. The summed E-state index contributed by atoms with van der Waals surface area (Å²) in [6, 6.07) is 5.17. The molecule has 6 heteroatoms. The molecule has 0 spiro atoms. The van der Waals surface area contributed by atoms with Crippen molar-refractivity contribution in [3.63, 3.8) is 0 Å². The first-order valence-electron chi connectivity index (χ1n) is 6.88. The van der Waals surface area contributed by atoms with Crippen molar-refractivity contribution in [2.45, 2.75) is 19.1 Å². The molecule has 1 aromatic carbocycles. The minimum atomic E-state index is -0.228. The average Bonchev–Trinajstić information content (AvgIpc) is 2.49. The lowest BCUT2D eigenvalue weighted by molar-refractivity contribution is -0.0747. The number of methoxy groups -OCH3 is 1. The van der Waals surface area contributed by atoms with E-state index in [1.54, 1.807) is 18.2 Å². The van der Waals surface area contributed by atoms with Gasteiger partial charge in [0, 0.05) is 18.2 Å². The normalized spacial score (nSPS) is 23.0. The largest absolute Gasteiger partial charge is 0.495 e. The number of nitrogens with zero attached hydrogens (tertiary/aromatic N) is 1. The van der Waals surface area contributed by atoms with E-state index in [2.05, 4.69) is 0 Å². The molecular weight excluding hydrogens is 294 g/mol. The summed E-state index contributed by atoms with van der Waals surface area (Å²) < 4.78 is 10.5. The lowest BCUT2D eigenvalue weighted by atomic mass is 10.1. The second-order valence-electron chi connectivity index (χ2n) is 5.19. The maximum absolute atomic E-state index is 12.4. The topological polar surface area (TPSA) is 59.0 Å². The lowest BCUT2D eigenvalue weighted by Gasteiger charge is -2.36. The number of halogens is 1. The van der Waals surface area contributed by atoms with E-state index in [9.17, 15) is 9.90 Å². The van der Waals surface area contributed by atoms with Gasteiger partial charge in [0.2, 0.25) is 0 Å². The van der Waals surface area contributed by atoms with Crippen LogP contribution >= 0.6 is 11.6 Å². The number of ketones is 1. The van der Waals surface area contributed by atoms with Crippen LogP contribution in [-0.2, 0) is 4.74 Å². The van der Waals surface area contributed by atoms with Crippen LogP contribution in [0.25, 0.3) is 0 Å². The third-order valence-electron chi connectivity index (χ3n) is 3.66. The van der Waals surface area contributed by atoms with Crippen LogP contribution in [0.1, 0.15) is 17.3 Å². The predicted octanol–water partition coefficient (Wildman–Crippen LogP) is 1.61. The highest BCUT2D eigenvalue weighted by molar-refractivity contribution is 6.32. The number of aliphatic hydroxyl groups excluding tert-OH is 1. The number of carbonyl (C=O) groups excluding carboxylic acids is 1. The zero-order valence-corrected chi connectivity index (χ0v) is 13.0. The second kappa shape index (κ2) is 7.22. The van der Waals surface area contributed by atoms with Gasteiger partial charge in [0.05, 0.1) is 38.0 Å². The van der Waals surface area contributed by atoms with Crippen molar-refractivity contribution in [2.75, 3.05) is 33.4 Å². The molecule has 0 amide bonds. The Morgan fingerprint density at radius 2 is 2.33 bits per heavy atom. The molecule has 5 nitrogen and oxygen atoms in total. The van der Waals surface area contributed by atoms with E-state index < -0.39 is 0 Å². The van der Waals surface area contributed by atoms with Crippen LogP contribution in [0.15, 0.2) is 18.2 Å². The highest BCUT2D eigenvalue weighted by Gasteiger charge is 2.27. The number of rotatable bonds is 5. The van der Waals surface area contributed by atoms with Crippen LogP contribution in [-0.4, -0.2) is 61.3 Å². The molecule has 21 heavy (non-hydrogen) atoms. The average molecular weight is 314 g/mol. The zero-order valence-electron chi connectivity index (χ0n) is 12.2. The van der Waals surface area contributed by atoms with Crippen LogP contribution < -0.4 is 4.74 Å². The Kier molecular flexibility index (Phi) is 5.58. The second-order valence-corrected chi connectivity index (χ2v) is 5.60. The minimum Gasteiger partial charge on any atom is -0.495 e. The summed E-state index contributed by atoms with van der Waals surface area (Å²) in [5, 5.41) is 9.60. The van der Waals surface area contributed by atoms with Gasteiger partial charge in [0.15, 0.2) is 5.78 Å². The molecule has 1 aliphatic rings. The van der Waals surface area contributed by atoms with E-state index >= 15 is 0 Å². The molecule has 1 saturated heterocycles. The van der Waals surface area contributed by atoms with Gasteiger partial charge in [0.25, 0.3) is 0 Å². The number of morpholine rings is 1. The van der Waals surface area contributed by atoms with Crippen molar-refractivity contribution >= 4 is 17.4 Å². The maximum Gasteiger partial charge on any atom is 0.176 e. The third kappa shape index (κ3) is 3.95. The molecule has 0 aliphatic carbocycles. The first-order chi connectivity index (χ1) is 10.0. The van der Waals surface area contributed by atoms with E-state index in [1.807, 2.05) is 11.8 Å². The summed E-state index contributed by atoms with van der Waals surface area (Å²) in [6.45, 7) is 3.31. The van der Waals surface area contributed by atoms with Crippen LogP contribution in [0.4, 0.5) is 0 Å². The van der Waals surface area contributed by atoms with E-state index in [0.29, 0.717) is 29.5 Å². The predicted molar refractivity (Wildman–Crippen MR) is 80.2 cm³/mol. The molecule has 1 aliphatic heterocycles. The molecule has 0 radical (unpaired) electrons. The molecule has 2 rings (SSSR count). The number of hydrogen-bond acceptors (Lipinski definition) is 5. The van der Waals surface area contributed by atoms with E-state index in [-0.39, 0.29) is 31.1 Å². The van der Waals surface area contributed by atoms with Crippen molar-refractivity contribution in [2.24, 2.45) is 0 Å². The molecule has 1 aromatic rings. The van der Waals surface area contributed by atoms with Crippen molar-refractivity contribution in [1.29, 1.82) is 0 Å². The van der Waals surface area contributed by atoms with Gasteiger partial charge in [-0.15, -0.1) is 0 Å². The molecule has 1 N–H and O–H groups in total. The number of aliphatic hydroxyl groups is 1. The lowest BCUT2D eigenvalue weighted by Crippen LogP contribution is -2.51. The molecular formula is C15H20ClNO4. The standard InChI is InChI=1S/C15H20ClNO4/c1-10-9-21-12(8-18)6-17(10)7-14(19)11-3-4-15(20-2)13(16)5-11/h3-5,10,12,18H,6-9H2,1-2H3. The Bertz CT molecular complexity index is 508. The first-order valence-corrected chi connectivity index (χ1v) is 7.26. The number of hydrogen-bond donors (Lipinski definition) is 1. The van der Waals surface area contributed by atoms with Crippen molar-refractivity contribution in [3.05, 3.63) is 28.8 Å². The summed E-state index contributed by atoms with van der Waals surface area (Å²) in [5.74, 6) is 0.540. The smallest absolute Gasteiger partial charge is 0.176 e. The fourth-order valence-electron chi connectivity index (χ4n) is 2.32. The van der Waals surface area contributed by atoms with Crippen molar-refractivity contribution in [1.82, 2.24) is 4.90 Å². The quantitative estimate of drug-likeness (QED) is 0.837. The fraction of sp³-hybridized carbons (Fsp3) is 0.533. The van der Waals surface area contributed by atoms with Crippen LogP contribution in [0.3, 0.4) is 0 Å². The van der Waals surface area contributed by atoms with Gasteiger partial charge in [-0.3, -0.25) is 9.69 Å². The number of ether oxygens (including phenoxy) is 2. The van der Waals surface area contributed by atoms with Crippen LogP contribution in [0, 0.1) is 0 Å².